The first kappa shape index (κ1) is 14.3. The molecule has 4 atom stereocenters. The maximum Gasteiger partial charge on any atom is 0.324 e. The van der Waals surface area contributed by atoms with Gasteiger partial charge in [0.05, 0.1) is 0 Å². The predicted octanol–water partition coefficient (Wildman–Crippen LogP) is 2.22. The van der Waals surface area contributed by atoms with Crippen molar-refractivity contribution < 1.29 is 9.59 Å². The normalized spacial score (nSPS) is 30.9. The summed E-state index contributed by atoms with van der Waals surface area (Å²) in [6, 6.07) is -0.168. The van der Waals surface area contributed by atoms with Crippen molar-refractivity contribution in [3.8, 4) is 0 Å². The third-order valence-corrected chi connectivity index (χ3v) is 3.65. The van der Waals surface area contributed by atoms with E-state index in [9.17, 15) is 9.59 Å². The fourth-order valence-corrected chi connectivity index (χ4v) is 2.31. The lowest BCUT2D eigenvalue weighted by Gasteiger charge is -2.40. The minimum atomic E-state index is -0.686. The van der Waals surface area contributed by atoms with Gasteiger partial charge < -0.3 is 4.90 Å². The van der Waals surface area contributed by atoms with Crippen molar-refractivity contribution in [2.24, 2.45) is 11.8 Å². The quantitative estimate of drug-likeness (QED) is 0.735. The summed E-state index contributed by atoms with van der Waals surface area (Å²) in [7, 11) is 0. The molecule has 1 aliphatic rings. The highest BCUT2D eigenvalue weighted by Crippen LogP contribution is 2.26. The molecule has 0 aliphatic carbocycles. The van der Waals surface area contributed by atoms with Gasteiger partial charge in [0, 0.05) is 12.6 Å². The Kier molecular flexibility index (Phi) is 4.80. The average molecular weight is 261 g/mol. The Morgan fingerprint density at radius 2 is 1.94 bits per heavy atom. The lowest BCUT2D eigenvalue weighted by Crippen LogP contribution is -2.54. The molecule has 1 fully saturated rings. The van der Waals surface area contributed by atoms with Crippen LogP contribution in [0.1, 0.15) is 34.1 Å². The zero-order chi connectivity index (χ0) is 13.2. The van der Waals surface area contributed by atoms with Crippen LogP contribution in [0.25, 0.3) is 0 Å². The fraction of sp³-hybridized carbons (Fsp3) is 0.833. The molecule has 4 nitrogen and oxygen atoms in total. The van der Waals surface area contributed by atoms with E-state index >= 15 is 0 Å². The third-order valence-electron chi connectivity index (χ3n) is 3.45. The Morgan fingerprint density at radius 1 is 1.35 bits per heavy atom. The number of hydrogen-bond donors (Lipinski definition) is 1. The molecule has 3 amide bonds. The van der Waals surface area contributed by atoms with Crippen LogP contribution in [-0.2, 0) is 4.79 Å². The number of urea groups is 1. The van der Waals surface area contributed by atoms with Gasteiger partial charge in [-0.25, -0.2) is 4.79 Å². The van der Waals surface area contributed by atoms with E-state index < -0.39 is 11.3 Å². The molecule has 1 aliphatic heterocycles. The van der Waals surface area contributed by atoms with E-state index in [0.29, 0.717) is 18.4 Å². The van der Waals surface area contributed by atoms with Crippen LogP contribution in [0, 0.1) is 11.8 Å². The van der Waals surface area contributed by atoms with Crippen molar-refractivity contribution in [2.45, 2.75) is 45.5 Å². The third kappa shape index (κ3) is 3.60. The minimum Gasteiger partial charge on any atom is -0.321 e. The average Bonchev–Trinajstić information content (AvgIpc) is 2.22. The van der Waals surface area contributed by atoms with Crippen LogP contribution in [0.5, 0.6) is 0 Å². The first-order chi connectivity index (χ1) is 7.82. The molecule has 1 N–H and O–H groups in total. The maximum atomic E-state index is 11.9. The Hall–Kier alpha value is -0.770. The van der Waals surface area contributed by atoms with Gasteiger partial charge in [0.25, 0.3) is 0 Å². The van der Waals surface area contributed by atoms with Gasteiger partial charge in [-0.15, -0.1) is 11.6 Å². The zero-order valence-corrected chi connectivity index (χ0v) is 11.6. The van der Waals surface area contributed by atoms with Gasteiger partial charge >= 0.3 is 6.03 Å². The summed E-state index contributed by atoms with van der Waals surface area (Å²) in [5.74, 6) is 0.484. The Labute approximate surface area is 108 Å². The second-order valence-electron chi connectivity index (χ2n) is 5.12. The van der Waals surface area contributed by atoms with E-state index in [-0.39, 0.29) is 12.1 Å². The molecular formula is C12H21ClN2O2. The molecule has 1 heterocycles. The number of nitrogens with one attached hydrogen (secondary N) is 1. The molecule has 0 spiro atoms. The standard InChI is InChI=1S/C12H21ClN2O2/c1-7-5-8(2)10(4)15(6-7)12(17)14-11(16)9(3)13/h7-10H,5-6H2,1-4H3,(H,14,16,17). The molecule has 98 valence electrons. The summed E-state index contributed by atoms with van der Waals surface area (Å²) >= 11 is 5.62. The summed E-state index contributed by atoms with van der Waals surface area (Å²) in [6.07, 6.45) is 1.12. The van der Waals surface area contributed by atoms with Crippen molar-refractivity contribution in [1.29, 1.82) is 0 Å². The summed E-state index contributed by atoms with van der Waals surface area (Å²) in [6.45, 7) is 8.52. The van der Waals surface area contributed by atoms with Crippen molar-refractivity contribution >= 4 is 23.5 Å². The molecule has 17 heavy (non-hydrogen) atoms. The number of halogens is 1. The summed E-state index contributed by atoms with van der Waals surface area (Å²) in [5, 5.41) is 1.65. The number of piperidine rings is 1. The topological polar surface area (TPSA) is 49.4 Å². The number of carbonyl (C=O) groups excluding carboxylic acids is 2. The Bertz CT molecular complexity index is 307. The van der Waals surface area contributed by atoms with Gasteiger partial charge in [-0.1, -0.05) is 13.8 Å². The van der Waals surface area contributed by atoms with Crippen molar-refractivity contribution in [1.82, 2.24) is 10.2 Å². The lowest BCUT2D eigenvalue weighted by atomic mass is 9.86. The van der Waals surface area contributed by atoms with Gasteiger partial charge in [-0.2, -0.15) is 0 Å². The number of likely N-dealkylation sites (tertiary alicyclic amines) is 1. The lowest BCUT2D eigenvalue weighted by molar-refractivity contribution is -0.119. The van der Waals surface area contributed by atoms with Crippen molar-refractivity contribution in [3.63, 3.8) is 0 Å². The second-order valence-corrected chi connectivity index (χ2v) is 5.78. The van der Waals surface area contributed by atoms with Crippen LogP contribution in [0.2, 0.25) is 0 Å². The highest BCUT2D eigenvalue weighted by Gasteiger charge is 2.32. The first-order valence-electron chi connectivity index (χ1n) is 6.08. The van der Waals surface area contributed by atoms with E-state index in [1.165, 1.54) is 0 Å². The van der Waals surface area contributed by atoms with E-state index in [2.05, 4.69) is 19.2 Å². The van der Waals surface area contributed by atoms with Gasteiger partial charge in [-0.3, -0.25) is 10.1 Å². The maximum absolute atomic E-state index is 11.9. The molecule has 4 unspecified atom stereocenters. The van der Waals surface area contributed by atoms with Gasteiger partial charge in [-0.05, 0) is 32.1 Å². The summed E-state index contributed by atoms with van der Waals surface area (Å²) in [5.41, 5.74) is 0. The largest absolute Gasteiger partial charge is 0.324 e. The number of amides is 3. The SMILES string of the molecule is CC1CC(C)C(C)N(C(=O)NC(=O)C(C)Cl)C1. The van der Waals surface area contributed by atoms with Gasteiger partial charge in [0.1, 0.15) is 5.38 Å². The Balaban J connectivity index is 2.64. The van der Waals surface area contributed by atoms with Crippen LogP contribution in [-0.4, -0.2) is 34.8 Å². The molecule has 0 aromatic rings. The molecule has 0 bridgehead atoms. The zero-order valence-electron chi connectivity index (χ0n) is 10.9. The monoisotopic (exact) mass is 260 g/mol. The van der Waals surface area contributed by atoms with E-state index in [0.717, 1.165) is 6.42 Å². The van der Waals surface area contributed by atoms with E-state index in [1.54, 1.807) is 11.8 Å². The fourth-order valence-electron chi connectivity index (χ4n) is 2.26. The van der Waals surface area contributed by atoms with Crippen LogP contribution >= 0.6 is 11.6 Å². The molecular weight excluding hydrogens is 240 g/mol. The van der Waals surface area contributed by atoms with Crippen LogP contribution < -0.4 is 5.32 Å². The summed E-state index contributed by atoms with van der Waals surface area (Å²) < 4.78 is 0. The molecule has 5 heteroatoms. The number of rotatable bonds is 1. The van der Waals surface area contributed by atoms with E-state index in [4.69, 9.17) is 11.6 Å². The van der Waals surface area contributed by atoms with Crippen molar-refractivity contribution in [2.75, 3.05) is 6.54 Å². The molecule has 0 aromatic carbocycles. The first-order valence-corrected chi connectivity index (χ1v) is 6.52. The van der Waals surface area contributed by atoms with Crippen LogP contribution in [0.15, 0.2) is 0 Å². The molecule has 1 saturated heterocycles. The van der Waals surface area contributed by atoms with Crippen molar-refractivity contribution in [3.05, 3.63) is 0 Å². The summed E-state index contributed by atoms with van der Waals surface area (Å²) in [4.78, 5) is 25.1. The Morgan fingerprint density at radius 3 is 2.47 bits per heavy atom. The number of alkyl halides is 1. The van der Waals surface area contributed by atoms with Crippen LogP contribution in [0.4, 0.5) is 4.79 Å². The van der Waals surface area contributed by atoms with Gasteiger partial charge in [0.15, 0.2) is 0 Å². The minimum absolute atomic E-state index is 0.157. The second kappa shape index (κ2) is 5.71. The smallest absolute Gasteiger partial charge is 0.321 e. The van der Waals surface area contributed by atoms with Gasteiger partial charge in [0.2, 0.25) is 5.91 Å². The number of carbonyl (C=O) groups is 2. The molecule has 1 rings (SSSR count). The molecule has 0 saturated carbocycles. The van der Waals surface area contributed by atoms with E-state index in [1.807, 2.05) is 6.92 Å². The number of hydrogen-bond acceptors (Lipinski definition) is 2. The highest BCUT2D eigenvalue weighted by atomic mass is 35.5. The van der Waals surface area contributed by atoms with Crippen LogP contribution in [0.3, 0.4) is 0 Å². The number of imide groups is 1. The molecule has 0 aromatic heterocycles. The highest BCUT2D eigenvalue weighted by molar-refractivity contribution is 6.31. The number of nitrogens with zero attached hydrogens (tertiary/aromatic N) is 1. The molecule has 0 radical (unpaired) electrons. The predicted molar refractivity (Wildman–Crippen MR) is 68.0 cm³/mol.